The highest BCUT2D eigenvalue weighted by Gasteiger charge is 2.16. The maximum absolute atomic E-state index is 13.2. The molecule has 0 saturated carbocycles. The largest absolute Gasteiger partial charge is 0.300 e. The van der Waals surface area contributed by atoms with Crippen molar-refractivity contribution in [3.63, 3.8) is 0 Å². The minimum absolute atomic E-state index is 0.0521. The van der Waals surface area contributed by atoms with Gasteiger partial charge in [-0.05, 0) is 18.6 Å². The molecular formula is C22H18N2O2S. The van der Waals surface area contributed by atoms with Crippen molar-refractivity contribution in [1.29, 1.82) is 0 Å². The number of aromatic nitrogens is 2. The zero-order chi connectivity index (χ0) is 18.8. The average molecular weight is 374 g/mol. The third-order valence-electron chi connectivity index (χ3n) is 4.43. The van der Waals surface area contributed by atoms with Crippen LogP contribution in [0.4, 0.5) is 0 Å². The molecule has 2 aromatic carbocycles. The summed E-state index contributed by atoms with van der Waals surface area (Å²) in [5.41, 5.74) is 1.84. The van der Waals surface area contributed by atoms with Crippen molar-refractivity contribution in [1.82, 2.24) is 9.55 Å². The minimum atomic E-state index is -0.0986. The molecule has 27 heavy (non-hydrogen) atoms. The van der Waals surface area contributed by atoms with E-state index in [2.05, 4.69) is 0 Å². The van der Waals surface area contributed by atoms with Crippen molar-refractivity contribution >= 4 is 27.3 Å². The van der Waals surface area contributed by atoms with Crippen LogP contribution in [-0.4, -0.2) is 15.3 Å². The van der Waals surface area contributed by atoms with Gasteiger partial charge in [0.15, 0.2) is 0 Å². The van der Waals surface area contributed by atoms with Crippen LogP contribution in [0.5, 0.6) is 0 Å². The third-order valence-corrected chi connectivity index (χ3v) is 5.51. The van der Waals surface area contributed by atoms with Crippen molar-refractivity contribution in [3.05, 3.63) is 77.1 Å². The van der Waals surface area contributed by atoms with Crippen molar-refractivity contribution < 1.29 is 4.79 Å². The first-order valence-electron chi connectivity index (χ1n) is 8.78. The van der Waals surface area contributed by atoms with Gasteiger partial charge in [0.05, 0.1) is 5.39 Å². The van der Waals surface area contributed by atoms with E-state index in [9.17, 15) is 9.59 Å². The van der Waals surface area contributed by atoms with Gasteiger partial charge < -0.3 is 0 Å². The lowest BCUT2D eigenvalue weighted by Gasteiger charge is -2.11. The molecule has 0 unspecified atom stereocenters. The van der Waals surface area contributed by atoms with Crippen LogP contribution in [0, 0.1) is 0 Å². The van der Waals surface area contributed by atoms with Crippen molar-refractivity contribution in [2.24, 2.45) is 0 Å². The molecular weight excluding hydrogens is 356 g/mol. The standard InChI is InChI=1S/C22H18N2O2S/c1-15(25)12-13-24-20(17-10-6-3-7-11-17)23-21-18(22(24)26)14-19(27-21)16-8-4-2-5-9-16/h2-11,14H,12-13H2,1H3. The molecule has 2 heterocycles. The lowest BCUT2D eigenvalue weighted by atomic mass is 10.1. The number of ketones is 1. The van der Waals surface area contributed by atoms with E-state index in [1.165, 1.54) is 18.3 Å². The number of hydrogen-bond acceptors (Lipinski definition) is 4. The van der Waals surface area contributed by atoms with Crippen molar-refractivity contribution in [3.8, 4) is 21.8 Å². The molecule has 4 aromatic rings. The van der Waals surface area contributed by atoms with Crippen LogP contribution in [0.25, 0.3) is 32.0 Å². The number of Topliss-reactive ketones (excluding diaryl/α,β-unsaturated/α-hetero) is 1. The highest BCUT2D eigenvalue weighted by molar-refractivity contribution is 7.21. The molecule has 0 radical (unpaired) electrons. The third kappa shape index (κ3) is 3.46. The molecule has 0 N–H and O–H groups in total. The van der Waals surface area contributed by atoms with Crippen LogP contribution in [0.3, 0.4) is 0 Å². The maximum atomic E-state index is 13.2. The molecule has 0 aliphatic heterocycles. The fraction of sp³-hybridized carbons (Fsp3) is 0.136. The molecule has 0 aliphatic carbocycles. The first-order chi connectivity index (χ1) is 13.1. The summed E-state index contributed by atoms with van der Waals surface area (Å²) in [5, 5.41) is 0.599. The quantitative estimate of drug-likeness (QED) is 0.505. The van der Waals surface area contributed by atoms with Crippen LogP contribution < -0.4 is 5.56 Å². The smallest absolute Gasteiger partial charge is 0.262 e. The van der Waals surface area contributed by atoms with E-state index in [0.29, 0.717) is 24.2 Å². The summed E-state index contributed by atoms with van der Waals surface area (Å²) in [7, 11) is 0. The van der Waals surface area contributed by atoms with Gasteiger partial charge in [0.1, 0.15) is 16.4 Å². The summed E-state index contributed by atoms with van der Waals surface area (Å²) in [5.74, 6) is 0.659. The first-order valence-corrected chi connectivity index (χ1v) is 9.60. The van der Waals surface area contributed by atoms with Crippen LogP contribution in [0.2, 0.25) is 0 Å². The highest BCUT2D eigenvalue weighted by atomic mass is 32.1. The van der Waals surface area contributed by atoms with E-state index in [0.717, 1.165) is 20.8 Å². The van der Waals surface area contributed by atoms with E-state index in [1.54, 1.807) is 4.57 Å². The summed E-state index contributed by atoms with van der Waals surface area (Å²) in [6, 6.07) is 21.5. The van der Waals surface area contributed by atoms with E-state index in [-0.39, 0.29) is 11.3 Å². The lowest BCUT2D eigenvalue weighted by Crippen LogP contribution is -2.24. The van der Waals surface area contributed by atoms with Gasteiger partial charge in [-0.15, -0.1) is 11.3 Å². The molecule has 0 atom stereocenters. The zero-order valence-electron chi connectivity index (χ0n) is 14.9. The van der Waals surface area contributed by atoms with E-state index < -0.39 is 0 Å². The number of benzene rings is 2. The Balaban J connectivity index is 1.93. The monoisotopic (exact) mass is 374 g/mol. The fourth-order valence-electron chi connectivity index (χ4n) is 3.04. The predicted octanol–water partition coefficient (Wildman–Crippen LogP) is 4.77. The van der Waals surface area contributed by atoms with Gasteiger partial charge in [-0.25, -0.2) is 4.98 Å². The van der Waals surface area contributed by atoms with E-state index in [1.807, 2.05) is 66.7 Å². The number of carbonyl (C=O) groups is 1. The topological polar surface area (TPSA) is 52.0 Å². The molecule has 0 amide bonds. The Hall–Kier alpha value is -3.05. The molecule has 4 rings (SSSR count). The molecule has 0 aliphatic rings. The Labute approximate surface area is 160 Å². The van der Waals surface area contributed by atoms with Crippen molar-refractivity contribution in [2.75, 3.05) is 0 Å². The minimum Gasteiger partial charge on any atom is -0.300 e. The Morgan fingerprint density at radius 3 is 2.26 bits per heavy atom. The number of nitrogens with zero attached hydrogens (tertiary/aromatic N) is 2. The number of rotatable bonds is 5. The number of thiophene rings is 1. The van der Waals surface area contributed by atoms with Gasteiger partial charge in [0, 0.05) is 23.4 Å². The average Bonchev–Trinajstić information content (AvgIpc) is 3.13. The summed E-state index contributed by atoms with van der Waals surface area (Å²) in [6.07, 6.45) is 0.308. The SMILES string of the molecule is CC(=O)CCn1c(-c2ccccc2)nc2sc(-c3ccccc3)cc2c1=O. The molecule has 0 fully saturated rings. The summed E-state index contributed by atoms with van der Waals surface area (Å²) >= 11 is 1.52. The fourth-order valence-corrected chi connectivity index (χ4v) is 4.07. The number of hydrogen-bond donors (Lipinski definition) is 0. The number of carbonyl (C=O) groups excluding carboxylic acids is 1. The molecule has 5 heteroatoms. The van der Waals surface area contributed by atoms with E-state index >= 15 is 0 Å². The van der Waals surface area contributed by atoms with Gasteiger partial charge in [-0.3, -0.25) is 14.2 Å². The maximum Gasteiger partial charge on any atom is 0.262 e. The van der Waals surface area contributed by atoms with Crippen LogP contribution >= 0.6 is 11.3 Å². The second-order valence-electron chi connectivity index (χ2n) is 6.41. The molecule has 4 nitrogen and oxygen atoms in total. The summed E-state index contributed by atoms with van der Waals surface area (Å²) in [6.45, 7) is 1.87. The Morgan fingerprint density at radius 1 is 1.00 bits per heavy atom. The second-order valence-corrected chi connectivity index (χ2v) is 7.44. The Bertz CT molecular complexity index is 1160. The molecule has 134 valence electrons. The van der Waals surface area contributed by atoms with Crippen LogP contribution in [0.15, 0.2) is 71.5 Å². The highest BCUT2D eigenvalue weighted by Crippen LogP contribution is 2.32. The van der Waals surface area contributed by atoms with Gasteiger partial charge >= 0.3 is 0 Å². The first kappa shape index (κ1) is 17.4. The van der Waals surface area contributed by atoms with Crippen LogP contribution in [-0.2, 0) is 11.3 Å². The summed E-state index contributed by atoms with van der Waals surface area (Å²) < 4.78 is 1.63. The van der Waals surface area contributed by atoms with Gasteiger partial charge in [-0.1, -0.05) is 60.7 Å². The van der Waals surface area contributed by atoms with Gasteiger partial charge in [0.2, 0.25) is 0 Å². The zero-order valence-corrected chi connectivity index (χ0v) is 15.7. The number of fused-ring (bicyclic) bond motifs is 1. The second kappa shape index (κ2) is 7.29. The van der Waals surface area contributed by atoms with E-state index in [4.69, 9.17) is 4.98 Å². The Morgan fingerprint density at radius 2 is 1.63 bits per heavy atom. The molecule has 0 saturated heterocycles. The van der Waals surface area contributed by atoms with Crippen LogP contribution in [0.1, 0.15) is 13.3 Å². The molecule has 0 bridgehead atoms. The van der Waals surface area contributed by atoms with Gasteiger partial charge in [-0.2, -0.15) is 0 Å². The summed E-state index contributed by atoms with van der Waals surface area (Å²) in [4.78, 5) is 31.2. The predicted molar refractivity (Wildman–Crippen MR) is 110 cm³/mol. The molecule has 2 aromatic heterocycles. The normalized spacial score (nSPS) is 11.0. The lowest BCUT2D eigenvalue weighted by molar-refractivity contribution is -0.117. The Kier molecular flexibility index (Phi) is 4.69. The van der Waals surface area contributed by atoms with Crippen molar-refractivity contribution in [2.45, 2.75) is 19.9 Å². The van der Waals surface area contributed by atoms with Gasteiger partial charge in [0.25, 0.3) is 5.56 Å². The molecule has 0 spiro atoms.